The largest absolute Gasteiger partial charge is 0.497 e. The molecule has 7 heteroatoms. The first-order chi connectivity index (χ1) is 12.7. The number of aromatic nitrogens is 3. The van der Waals surface area contributed by atoms with Gasteiger partial charge in [-0.15, -0.1) is 33.3 Å². The van der Waals surface area contributed by atoms with Crippen LogP contribution in [0.4, 0.5) is 0 Å². The van der Waals surface area contributed by atoms with Gasteiger partial charge in [-0.1, -0.05) is 0 Å². The zero-order valence-corrected chi connectivity index (χ0v) is 16.7. The van der Waals surface area contributed by atoms with Gasteiger partial charge in [0.25, 0.3) is 0 Å². The molecule has 3 aromatic rings. The second-order valence-corrected chi connectivity index (χ2v) is 8.68. The van der Waals surface area contributed by atoms with E-state index in [0.29, 0.717) is 0 Å². The van der Waals surface area contributed by atoms with Gasteiger partial charge in [-0.25, -0.2) is 4.98 Å². The molecule has 2 aromatic heterocycles. The van der Waals surface area contributed by atoms with Crippen molar-refractivity contribution in [3.63, 3.8) is 0 Å². The van der Waals surface area contributed by atoms with E-state index in [-0.39, 0.29) is 0 Å². The molecule has 4 rings (SSSR count). The first-order valence-electron chi connectivity index (χ1n) is 8.88. The number of hydrogen-bond donors (Lipinski definition) is 0. The van der Waals surface area contributed by atoms with Gasteiger partial charge in [0.15, 0.2) is 0 Å². The maximum Gasteiger partial charge on any atom is 0.146 e. The average molecular weight is 387 g/mol. The maximum atomic E-state index is 5.25. The second kappa shape index (κ2) is 7.90. The Kier molecular flexibility index (Phi) is 5.38. The van der Waals surface area contributed by atoms with Crippen molar-refractivity contribution in [1.82, 2.24) is 20.1 Å². The number of benzene rings is 1. The Morgan fingerprint density at radius 2 is 1.92 bits per heavy atom. The van der Waals surface area contributed by atoms with Crippen molar-refractivity contribution in [2.24, 2.45) is 0 Å². The molecule has 3 heterocycles. The quantitative estimate of drug-likeness (QED) is 0.590. The fourth-order valence-corrected chi connectivity index (χ4v) is 5.15. The molecule has 26 heavy (non-hydrogen) atoms. The Morgan fingerprint density at radius 1 is 1.15 bits per heavy atom. The molecule has 0 saturated carbocycles. The van der Waals surface area contributed by atoms with Gasteiger partial charge in [0.1, 0.15) is 22.0 Å². The van der Waals surface area contributed by atoms with Crippen molar-refractivity contribution in [3.05, 3.63) is 29.3 Å². The summed E-state index contributed by atoms with van der Waals surface area (Å²) in [5, 5.41) is 11.0. The van der Waals surface area contributed by atoms with Crippen molar-refractivity contribution >= 4 is 33.3 Å². The zero-order chi connectivity index (χ0) is 17.9. The van der Waals surface area contributed by atoms with Crippen molar-refractivity contribution in [2.45, 2.75) is 24.8 Å². The molecule has 1 aliphatic heterocycles. The highest BCUT2D eigenvalue weighted by molar-refractivity contribution is 7.99. The Bertz CT molecular complexity index is 888. The van der Waals surface area contributed by atoms with Crippen molar-refractivity contribution in [1.29, 1.82) is 0 Å². The molecule has 1 aromatic carbocycles. The zero-order valence-electron chi connectivity index (χ0n) is 15.1. The molecule has 1 fully saturated rings. The first kappa shape index (κ1) is 17.7. The standard InChI is InChI=1S/C19H22N4OS2/c1-13-20-17-18(26-13)16(14-5-7-15(24-2)8-6-14)21-22-19(17)25-12-11-23-9-3-4-10-23/h5-8H,3-4,9-12H2,1-2H3. The molecule has 0 radical (unpaired) electrons. The highest BCUT2D eigenvalue weighted by atomic mass is 32.2. The average Bonchev–Trinajstić information content (AvgIpc) is 3.31. The Balaban J connectivity index is 1.59. The number of thiazole rings is 1. The monoisotopic (exact) mass is 386 g/mol. The predicted molar refractivity (Wildman–Crippen MR) is 108 cm³/mol. The van der Waals surface area contributed by atoms with E-state index in [1.54, 1.807) is 30.2 Å². The van der Waals surface area contributed by atoms with Crippen LogP contribution in [-0.2, 0) is 0 Å². The minimum absolute atomic E-state index is 0.840. The molecule has 1 saturated heterocycles. The Labute approximate surface area is 161 Å². The number of rotatable bonds is 6. The molecule has 0 N–H and O–H groups in total. The van der Waals surface area contributed by atoms with E-state index in [1.807, 2.05) is 31.2 Å². The summed E-state index contributed by atoms with van der Waals surface area (Å²) in [7, 11) is 1.67. The van der Waals surface area contributed by atoms with Crippen LogP contribution in [0.25, 0.3) is 21.5 Å². The number of aryl methyl sites for hydroxylation is 1. The van der Waals surface area contributed by atoms with Gasteiger partial charge in [-0.2, -0.15) is 0 Å². The smallest absolute Gasteiger partial charge is 0.146 e. The fraction of sp³-hybridized carbons (Fsp3) is 0.421. The van der Waals surface area contributed by atoms with Crippen molar-refractivity contribution < 1.29 is 4.74 Å². The summed E-state index contributed by atoms with van der Waals surface area (Å²) in [6, 6.07) is 7.96. The number of likely N-dealkylation sites (tertiary alicyclic amines) is 1. The van der Waals surface area contributed by atoms with E-state index in [1.165, 1.54) is 25.9 Å². The highest BCUT2D eigenvalue weighted by Crippen LogP contribution is 2.35. The summed E-state index contributed by atoms with van der Waals surface area (Å²) in [6.07, 6.45) is 2.66. The molecule has 0 aliphatic carbocycles. The number of nitrogens with zero attached hydrogens (tertiary/aromatic N) is 4. The summed E-state index contributed by atoms with van der Waals surface area (Å²) in [6.45, 7) is 5.61. The predicted octanol–water partition coefficient (Wildman–Crippen LogP) is 4.26. The van der Waals surface area contributed by atoms with E-state index in [9.17, 15) is 0 Å². The van der Waals surface area contributed by atoms with Crippen LogP contribution in [0.1, 0.15) is 17.8 Å². The lowest BCUT2D eigenvalue weighted by atomic mass is 10.1. The van der Waals surface area contributed by atoms with Crippen LogP contribution in [0, 0.1) is 6.92 Å². The third kappa shape index (κ3) is 3.70. The minimum atomic E-state index is 0.840. The van der Waals surface area contributed by atoms with E-state index >= 15 is 0 Å². The van der Waals surface area contributed by atoms with Gasteiger partial charge >= 0.3 is 0 Å². The van der Waals surface area contributed by atoms with E-state index < -0.39 is 0 Å². The molecule has 1 aliphatic rings. The number of hydrogen-bond acceptors (Lipinski definition) is 7. The summed E-state index contributed by atoms with van der Waals surface area (Å²) in [4.78, 5) is 7.26. The molecule has 136 valence electrons. The van der Waals surface area contributed by atoms with Crippen molar-refractivity contribution in [3.8, 4) is 17.0 Å². The summed E-state index contributed by atoms with van der Waals surface area (Å²) >= 11 is 3.46. The van der Waals surface area contributed by atoms with Crippen LogP contribution in [0.5, 0.6) is 5.75 Å². The van der Waals surface area contributed by atoms with Crippen LogP contribution in [0.15, 0.2) is 29.3 Å². The molecule has 5 nitrogen and oxygen atoms in total. The Morgan fingerprint density at radius 3 is 2.65 bits per heavy atom. The SMILES string of the molecule is COc1ccc(-c2nnc(SCCN3CCCC3)c3nc(C)sc23)cc1. The number of ether oxygens (including phenoxy) is 1. The lowest BCUT2D eigenvalue weighted by Gasteiger charge is -2.13. The van der Waals surface area contributed by atoms with Gasteiger partial charge in [-0.3, -0.25) is 0 Å². The molecule has 0 amide bonds. The van der Waals surface area contributed by atoms with Gasteiger partial charge in [0.2, 0.25) is 0 Å². The lowest BCUT2D eigenvalue weighted by molar-refractivity contribution is 0.362. The molecular formula is C19H22N4OS2. The normalized spacial score (nSPS) is 15.0. The van der Waals surface area contributed by atoms with Crippen LogP contribution >= 0.6 is 23.1 Å². The van der Waals surface area contributed by atoms with Crippen molar-refractivity contribution in [2.75, 3.05) is 32.5 Å². The molecular weight excluding hydrogens is 364 g/mol. The molecule has 0 unspecified atom stereocenters. The van der Waals surface area contributed by atoms with Gasteiger partial charge < -0.3 is 9.64 Å². The Hall–Kier alpha value is -1.70. The molecule has 0 bridgehead atoms. The lowest BCUT2D eigenvalue weighted by Crippen LogP contribution is -2.21. The molecule has 0 atom stereocenters. The van der Waals surface area contributed by atoms with E-state index in [4.69, 9.17) is 9.72 Å². The number of thioether (sulfide) groups is 1. The van der Waals surface area contributed by atoms with Crippen LogP contribution in [0.3, 0.4) is 0 Å². The second-order valence-electron chi connectivity index (χ2n) is 6.39. The molecule has 0 spiro atoms. The topological polar surface area (TPSA) is 51.1 Å². The number of fused-ring (bicyclic) bond motifs is 1. The van der Waals surface area contributed by atoms with Crippen LogP contribution in [0.2, 0.25) is 0 Å². The van der Waals surface area contributed by atoms with Gasteiger partial charge in [-0.05, 0) is 57.1 Å². The maximum absolute atomic E-state index is 5.25. The van der Waals surface area contributed by atoms with Gasteiger partial charge in [0, 0.05) is 17.9 Å². The van der Waals surface area contributed by atoms with Crippen LogP contribution in [-0.4, -0.2) is 52.6 Å². The third-order valence-electron chi connectivity index (χ3n) is 4.60. The van der Waals surface area contributed by atoms with E-state index in [0.717, 1.165) is 49.6 Å². The van der Waals surface area contributed by atoms with Crippen LogP contribution < -0.4 is 4.74 Å². The minimum Gasteiger partial charge on any atom is -0.497 e. The first-order valence-corrected chi connectivity index (χ1v) is 10.7. The summed E-state index contributed by atoms with van der Waals surface area (Å²) in [5.74, 6) is 1.87. The summed E-state index contributed by atoms with van der Waals surface area (Å²) in [5.41, 5.74) is 2.93. The number of methoxy groups -OCH3 is 1. The summed E-state index contributed by atoms with van der Waals surface area (Å²) < 4.78 is 6.37. The third-order valence-corrected chi connectivity index (χ3v) is 6.51. The highest BCUT2D eigenvalue weighted by Gasteiger charge is 2.17. The van der Waals surface area contributed by atoms with Gasteiger partial charge in [0.05, 0.1) is 16.8 Å². The fourth-order valence-electron chi connectivity index (χ4n) is 3.23. The van der Waals surface area contributed by atoms with E-state index in [2.05, 4.69) is 15.1 Å².